The van der Waals surface area contributed by atoms with Crippen molar-refractivity contribution in [2.24, 2.45) is 0 Å². The Bertz CT molecular complexity index is 554. The molecule has 0 saturated carbocycles. The first-order valence-electron chi connectivity index (χ1n) is 7.13. The number of aromatic amines is 1. The summed E-state index contributed by atoms with van der Waals surface area (Å²) in [6.45, 7) is 4.23. The van der Waals surface area contributed by atoms with Crippen LogP contribution in [0.4, 0.5) is 5.69 Å². The summed E-state index contributed by atoms with van der Waals surface area (Å²) in [5.74, 6) is 0.976. The van der Waals surface area contributed by atoms with E-state index >= 15 is 0 Å². The molecule has 0 aliphatic carbocycles. The second kappa shape index (κ2) is 5.21. The highest BCUT2D eigenvalue weighted by Crippen LogP contribution is 2.20. The quantitative estimate of drug-likeness (QED) is 0.889. The van der Waals surface area contributed by atoms with Gasteiger partial charge in [0, 0.05) is 25.3 Å². The lowest BCUT2D eigenvalue weighted by Gasteiger charge is -2.29. The molecule has 1 aliphatic heterocycles. The van der Waals surface area contributed by atoms with Crippen LogP contribution < -0.4 is 10.2 Å². The molecule has 19 heavy (non-hydrogen) atoms. The zero-order valence-corrected chi connectivity index (χ0v) is 11.7. The van der Waals surface area contributed by atoms with Crippen molar-refractivity contribution >= 4 is 16.7 Å². The van der Waals surface area contributed by atoms with Gasteiger partial charge in [0.1, 0.15) is 5.82 Å². The van der Waals surface area contributed by atoms with E-state index in [1.54, 1.807) is 0 Å². The van der Waals surface area contributed by atoms with Gasteiger partial charge >= 0.3 is 0 Å². The van der Waals surface area contributed by atoms with Gasteiger partial charge in [0.25, 0.3) is 0 Å². The third kappa shape index (κ3) is 2.73. The van der Waals surface area contributed by atoms with Gasteiger partial charge in [-0.3, -0.25) is 0 Å². The number of aromatic nitrogens is 2. The number of nitrogens with zero attached hydrogens (tertiary/aromatic N) is 2. The Hall–Kier alpha value is -1.55. The van der Waals surface area contributed by atoms with Gasteiger partial charge in [-0.05, 0) is 44.5 Å². The largest absolute Gasteiger partial charge is 0.373 e. The molecule has 1 fully saturated rings. The number of likely N-dealkylation sites (N-methyl/N-ethyl adjacent to an activating group) is 1. The highest BCUT2D eigenvalue weighted by Gasteiger charge is 2.15. The maximum Gasteiger partial charge on any atom is 0.104 e. The molecule has 1 aliphatic rings. The number of piperidine rings is 1. The summed E-state index contributed by atoms with van der Waals surface area (Å²) in [7, 11) is 2.17. The number of H-pyrrole nitrogens is 1. The minimum Gasteiger partial charge on any atom is -0.373 e. The molecule has 102 valence electrons. The number of aryl methyl sites for hydroxylation is 1. The predicted octanol–water partition coefficient (Wildman–Crippen LogP) is 2.45. The van der Waals surface area contributed by atoms with Crippen LogP contribution in [0.15, 0.2) is 18.2 Å². The van der Waals surface area contributed by atoms with E-state index in [0.29, 0.717) is 6.04 Å². The molecule has 1 aromatic heterocycles. The number of rotatable bonds is 3. The molecule has 2 heterocycles. The molecule has 0 radical (unpaired) electrons. The van der Waals surface area contributed by atoms with E-state index in [-0.39, 0.29) is 0 Å². The number of fused-ring (bicyclic) bond motifs is 1. The fourth-order valence-electron chi connectivity index (χ4n) is 2.88. The average molecular weight is 258 g/mol. The summed E-state index contributed by atoms with van der Waals surface area (Å²) in [5, 5.41) is 3.60. The molecule has 3 rings (SSSR count). The molecule has 4 nitrogen and oxygen atoms in total. The number of anilines is 1. The van der Waals surface area contributed by atoms with Gasteiger partial charge in [0.05, 0.1) is 11.0 Å². The van der Waals surface area contributed by atoms with E-state index in [4.69, 9.17) is 0 Å². The fraction of sp³-hybridized carbons (Fsp3) is 0.533. The van der Waals surface area contributed by atoms with Gasteiger partial charge in [-0.15, -0.1) is 0 Å². The first-order chi connectivity index (χ1) is 9.22. The molecule has 4 heteroatoms. The first kappa shape index (κ1) is 12.5. The van der Waals surface area contributed by atoms with Crippen LogP contribution >= 0.6 is 0 Å². The van der Waals surface area contributed by atoms with Gasteiger partial charge in [0.2, 0.25) is 0 Å². The topological polar surface area (TPSA) is 44.0 Å². The molecule has 2 N–H and O–H groups in total. The summed E-state index contributed by atoms with van der Waals surface area (Å²) in [6, 6.07) is 7.07. The van der Waals surface area contributed by atoms with E-state index in [9.17, 15) is 0 Å². The number of benzene rings is 1. The Labute approximate surface area is 114 Å². The molecule has 1 atom stereocenters. The van der Waals surface area contributed by atoms with Crippen molar-refractivity contribution in [3.8, 4) is 0 Å². The zero-order valence-electron chi connectivity index (χ0n) is 11.7. The zero-order chi connectivity index (χ0) is 13.2. The molecule has 1 unspecified atom stereocenters. The Morgan fingerprint density at radius 2 is 2.26 bits per heavy atom. The number of hydrogen-bond acceptors (Lipinski definition) is 3. The van der Waals surface area contributed by atoms with Crippen molar-refractivity contribution in [1.82, 2.24) is 15.3 Å². The van der Waals surface area contributed by atoms with Gasteiger partial charge < -0.3 is 15.2 Å². The summed E-state index contributed by atoms with van der Waals surface area (Å²) >= 11 is 0. The highest BCUT2D eigenvalue weighted by atomic mass is 15.1. The first-order valence-corrected chi connectivity index (χ1v) is 7.13. The van der Waals surface area contributed by atoms with Crippen molar-refractivity contribution in [1.29, 1.82) is 0 Å². The summed E-state index contributed by atoms with van der Waals surface area (Å²) in [5.41, 5.74) is 3.42. The lowest BCUT2D eigenvalue weighted by molar-refractivity contribution is 0.403. The standard InChI is InChI=1S/C15H22N4/c1-11-17-14-7-6-13(9-15(14)18-11)19(2)10-12-5-3-4-8-16-12/h6-7,9,12,16H,3-5,8,10H2,1-2H3,(H,17,18). The fourth-order valence-corrected chi connectivity index (χ4v) is 2.88. The normalized spacial score (nSPS) is 19.8. The Morgan fingerprint density at radius 3 is 3.05 bits per heavy atom. The van der Waals surface area contributed by atoms with Crippen molar-refractivity contribution in [3.63, 3.8) is 0 Å². The molecule has 2 aromatic rings. The van der Waals surface area contributed by atoms with Crippen LogP contribution in [0.25, 0.3) is 11.0 Å². The van der Waals surface area contributed by atoms with Crippen LogP contribution in [0.1, 0.15) is 25.1 Å². The van der Waals surface area contributed by atoms with Gasteiger partial charge in [-0.1, -0.05) is 6.42 Å². The van der Waals surface area contributed by atoms with Crippen molar-refractivity contribution in [3.05, 3.63) is 24.0 Å². The Morgan fingerprint density at radius 1 is 1.37 bits per heavy atom. The molecule has 0 amide bonds. The highest BCUT2D eigenvalue weighted by molar-refractivity contribution is 5.79. The molecule has 1 aromatic carbocycles. The Balaban J connectivity index is 1.74. The second-order valence-corrected chi connectivity index (χ2v) is 5.55. The predicted molar refractivity (Wildman–Crippen MR) is 79.7 cm³/mol. The minimum absolute atomic E-state index is 0.623. The summed E-state index contributed by atoms with van der Waals surface area (Å²) in [6.07, 6.45) is 3.96. The van der Waals surface area contributed by atoms with Crippen LogP contribution in [-0.4, -0.2) is 36.1 Å². The number of nitrogens with one attached hydrogen (secondary N) is 2. The van der Waals surface area contributed by atoms with E-state index < -0.39 is 0 Å². The van der Waals surface area contributed by atoms with Crippen molar-refractivity contribution in [2.45, 2.75) is 32.2 Å². The van der Waals surface area contributed by atoms with Crippen LogP contribution in [0, 0.1) is 6.92 Å². The average Bonchev–Trinajstić information content (AvgIpc) is 2.78. The lowest BCUT2D eigenvalue weighted by Crippen LogP contribution is -2.42. The Kier molecular flexibility index (Phi) is 3.42. The number of imidazole rings is 1. The molecule has 0 spiro atoms. The van der Waals surface area contributed by atoms with E-state index in [2.05, 4.69) is 45.4 Å². The van der Waals surface area contributed by atoms with E-state index in [0.717, 1.165) is 29.9 Å². The van der Waals surface area contributed by atoms with Crippen LogP contribution in [0.3, 0.4) is 0 Å². The van der Waals surface area contributed by atoms with E-state index in [1.165, 1.54) is 24.9 Å². The summed E-state index contributed by atoms with van der Waals surface area (Å²) in [4.78, 5) is 10.1. The maximum atomic E-state index is 4.44. The van der Waals surface area contributed by atoms with Crippen LogP contribution in [0.2, 0.25) is 0 Å². The van der Waals surface area contributed by atoms with Crippen LogP contribution in [0.5, 0.6) is 0 Å². The molecule has 1 saturated heterocycles. The second-order valence-electron chi connectivity index (χ2n) is 5.55. The maximum absolute atomic E-state index is 4.44. The summed E-state index contributed by atoms with van der Waals surface area (Å²) < 4.78 is 0. The molecule has 0 bridgehead atoms. The monoisotopic (exact) mass is 258 g/mol. The molecular weight excluding hydrogens is 236 g/mol. The smallest absolute Gasteiger partial charge is 0.104 e. The minimum atomic E-state index is 0.623. The van der Waals surface area contributed by atoms with Gasteiger partial charge in [0.15, 0.2) is 0 Å². The number of hydrogen-bond donors (Lipinski definition) is 2. The van der Waals surface area contributed by atoms with Gasteiger partial charge in [-0.25, -0.2) is 4.98 Å². The van der Waals surface area contributed by atoms with Crippen LogP contribution in [-0.2, 0) is 0 Å². The molecular formula is C15H22N4. The third-order valence-electron chi connectivity index (χ3n) is 3.93. The lowest BCUT2D eigenvalue weighted by atomic mass is 10.0. The third-order valence-corrected chi connectivity index (χ3v) is 3.93. The van der Waals surface area contributed by atoms with Crippen molar-refractivity contribution < 1.29 is 0 Å². The SMILES string of the molecule is Cc1nc2ccc(N(C)CC3CCCCN3)cc2[nH]1. The van der Waals surface area contributed by atoms with E-state index in [1.807, 2.05) is 6.92 Å². The van der Waals surface area contributed by atoms with Gasteiger partial charge in [-0.2, -0.15) is 0 Å². The van der Waals surface area contributed by atoms with Crippen molar-refractivity contribution in [2.75, 3.05) is 25.0 Å².